The third-order valence-corrected chi connectivity index (χ3v) is 6.70. The number of nitro groups is 1. The number of non-ortho nitro benzene ring substituents is 1. The summed E-state index contributed by atoms with van der Waals surface area (Å²) in [5.74, 6) is 0.445. The van der Waals surface area contributed by atoms with Gasteiger partial charge in [-0.25, -0.2) is 5.43 Å². The van der Waals surface area contributed by atoms with Crippen molar-refractivity contribution in [1.82, 2.24) is 20.2 Å². The number of aromatic nitrogens is 3. The fourth-order valence-electron chi connectivity index (χ4n) is 3.62. The van der Waals surface area contributed by atoms with Crippen LogP contribution in [0.5, 0.6) is 0 Å². The molecule has 1 heterocycles. The lowest BCUT2D eigenvalue weighted by Crippen LogP contribution is -2.20. The summed E-state index contributed by atoms with van der Waals surface area (Å²) in [6.07, 6.45) is 1.43. The van der Waals surface area contributed by atoms with Gasteiger partial charge >= 0.3 is 0 Å². The average molecular weight is 529 g/mol. The molecule has 0 fully saturated rings. The molecule has 38 heavy (non-hydrogen) atoms. The van der Waals surface area contributed by atoms with Crippen molar-refractivity contribution in [3.8, 4) is 17.1 Å². The number of carbonyl (C=O) groups is 1. The molecular formula is C28H28N6O3S. The van der Waals surface area contributed by atoms with Crippen molar-refractivity contribution in [2.45, 2.75) is 38.3 Å². The van der Waals surface area contributed by atoms with Crippen LogP contribution in [0, 0.1) is 17.0 Å². The van der Waals surface area contributed by atoms with E-state index >= 15 is 0 Å². The highest BCUT2D eigenvalue weighted by molar-refractivity contribution is 7.99. The lowest BCUT2D eigenvalue weighted by Gasteiger charge is -2.19. The smallest absolute Gasteiger partial charge is 0.269 e. The maximum Gasteiger partial charge on any atom is 0.269 e. The summed E-state index contributed by atoms with van der Waals surface area (Å²) in [4.78, 5) is 22.8. The fourth-order valence-corrected chi connectivity index (χ4v) is 4.36. The number of nitro benzene ring substituents is 1. The molecule has 4 aromatic rings. The van der Waals surface area contributed by atoms with Crippen LogP contribution in [-0.4, -0.2) is 37.6 Å². The standard InChI is InChI=1S/C28H28N6O3S/c1-19-5-13-23(14-6-19)33-26(21-9-11-22(12-10-21)28(2,3)4)31-32-27(33)38-18-25(35)30-29-17-20-7-15-24(16-8-20)34(36)37/h5-17H,18H2,1-4H3,(H,30,35)/b29-17+. The van der Waals surface area contributed by atoms with Gasteiger partial charge in [-0.3, -0.25) is 19.5 Å². The monoisotopic (exact) mass is 528 g/mol. The molecule has 1 N–H and O–H groups in total. The van der Waals surface area contributed by atoms with Gasteiger partial charge in [0.05, 0.1) is 16.9 Å². The number of amides is 1. The molecule has 0 saturated heterocycles. The highest BCUT2D eigenvalue weighted by Crippen LogP contribution is 2.30. The van der Waals surface area contributed by atoms with Gasteiger partial charge in [-0.2, -0.15) is 5.10 Å². The van der Waals surface area contributed by atoms with E-state index in [1.54, 1.807) is 12.1 Å². The number of hydrogen-bond acceptors (Lipinski definition) is 7. The molecule has 0 aliphatic rings. The van der Waals surface area contributed by atoms with Crippen LogP contribution < -0.4 is 5.43 Å². The van der Waals surface area contributed by atoms with Crippen molar-refractivity contribution in [2.75, 3.05) is 5.75 Å². The van der Waals surface area contributed by atoms with Gasteiger partial charge in [0.25, 0.3) is 11.6 Å². The summed E-state index contributed by atoms with van der Waals surface area (Å²) < 4.78 is 1.95. The zero-order valence-electron chi connectivity index (χ0n) is 21.6. The van der Waals surface area contributed by atoms with E-state index in [2.05, 4.69) is 53.6 Å². The summed E-state index contributed by atoms with van der Waals surface area (Å²) in [5.41, 5.74) is 7.33. The summed E-state index contributed by atoms with van der Waals surface area (Å²) >= 11 is 1.26. The van der Waals surface area contributed by atoms with E-state index in [4.69, 9.17) is 0 Å². The van der Waals surface area contributed by atoms with E-state index in [0.717, 1.165) is 16.8 Å². The van der Waals surface area contributed by atoms with Crippen LogP contribution in [0.15, 0.2) is 83.1 Å². The van der Waals surface area contributed by atoms with E-state index in [9.17, 15) is 14.9 Å². The normalized spacial score (nSPS) is 11.6. The number of aryl methyl sites for hydroxylation is 1. The van der Waals surface area contributed by atoms with Gasteiger partial charge in [-0.1, -0.05) is 74.5 Å². The largest absolute Gasteiger partial charge is 0.272 e. The van der Waals surface area contributed by atoms with Gasteiger partial charge < -0.3 is 0 Å². The molecule has 0 atom stereocenters. The minimum atomic E-state index is -0.471. The second-order valence-corrected chi connectivity index (χ2v) is 10.7. The Morgan fingerprint density at radius 2 is 1.68 bits per heavy atom. The Labute approximate surface area is 225 Å². The summed E-state index contributed by atoms with van der Waals surface area (Å²) in [5, 5.41) is 24.1. The number of thioether (sulfide) groups is 1. The Kier molecular flexibility index (Phi) is 8.02. The fraction of sp³-hybridized carbons (Fsp3) is 0.214. The molecule has 0 bridgehead atoms. The van der Waals surface area contributed by atoms with Crippen molar-refractivity contribution in [3.05, 3.63) is 99.6 Å². The number of nitrogens with zero attached hydrogens (tertiary/aromatic N) is 5. The van der Waals surface area contributed by atoms with Crippen molar-refractivity contribution in [2.24, 2.45) is 5.10 Å². The molecule has 4 rings (SSSR count). The van der Waals surface area contributed by atoms with Gasteiger partial charge in [-0.15, -0.1) is 10.2 Å². The van der Waals surface area contributed by atoms with Crippen molar-refractivity contribution in [3.63, 3.8) is 0 Å². The third kappa shape index (κ3) is 6.51. The molecule has 194 valence electrons. The Bertz CT molecular complexity index is 1450. The van der Waals surface area contributed by atoms with E-state index in [1.165, 1.54) is 35.7 Å². The van der Waals surface area contributed by atoms with Gasteiger partial charge in [-0.05, 0) is 47.7 Å². The van der Waals surface area contributed by atoms with Crippen molar-refractivity contribution < 1.29 is 9.72 Å². The van der Waals surface area contributed by atoms with Gasteiger partial charge in [0.1, 0.15) is 0 Å². The number of carbonyl (C=O) groups excluding carboxylic acids is 1. The highest BCUT2D eigenvalue weighted by atomic mass is 32.2. The lowest BCUT2D eigenvalue weighted by atomic mass is 9.87. The average Bonchev–Trinajstić information content (AvgIpc) is 3.32. The van der Waals surface area contributed by atoms with Crippen LogP contribution >= 0.6 is 11.8 Å². The second kappa shape index (κ2) is 11.4. The van der Waals surface area contributed by atoms with Crippen LogP contribution in [0.4, 0.5) is 5.69 Å². The maximum atomic E-state index is 12.5. The molecule has 3 aromatic carbocycles. The minimum absolute atomic E-state index is 0.00945. The Balaban J connectivity index is 1.50. The Morgan fingerprint density at radius 1 is 1.03 bits per heavy atom. The number of hydrazone groups is 1. The Morgan fingerprint density at radius 3 is 2.29 bits per heavy atom. The first kappa shape index (κ1) is 26.7. The van der Waals surface area contributed by atoms with Gasteiger partial charge in [0, 0.05) is 23.4 Å². The summed E-state index contributed by atoms with van der Waals surface area (Å²) in [6.45, 7) is 8.55. The quantitative estimate of drug-likeness (QED) is 0.136. The molecule has 0 aliphatic heterocycles. The van der Waals surface area contributed by atoms with Crippen LogP contribution in [0.2, 0.25) is 0 Å². The topological polar surface area (TPSA) is 115 Å². The molecule has 1 aromatic heterocycles. The number of rotatable bonds is 8. The molecule has 0 aliphatic carbocycles. The van der Waals surface area contributed by atoms with Crippen LogP contribution in [0.25, 0.3) is 17.1 Å². The lowest BCUT2D eigenvalue weighted by molar-refractivity contribution is -0.384. The molecule has 10 heteroatoms. The van der Waals surface area contributed by atoms with Gasteiger partial charge in [0.15, 0.2) is 11.0 Å². The van der Waals surface area contributed by atoms with E-state index < -0.39 is 4.92 Å². The summed E-state index contributed by atoms with van der Waals surface area (Å²) in [7, 11) is 0. The van der Waals surface area contributed by atoms with E-state index in [-0.39, 0.29) is 22.8 Å². The molecule has 0 spiro atoms. The molecule has 1 amide bonds. The van der Waals surface area contributed by atoms with E-state index in [0.29, 0.717) is 16.5 Å². The van der Waals surface area contributed by atoms with Crippen LogP contribution in [0.3, 0.4) is 0 Å². The zero-order valence-corrected chi connectivity index (χ0v) is 22.4. The van der Waals surface area contributed by atoms with Gasteiger partial charge in [0.2, 0.25) is 0 Å². The number of benzene rings is 3. The molecular weight excluding hydrogens is 500 g/mol. The molecule has 0 unspecified atom stereocenters. The minimum Gasteiger partial charge on any atom is -0.272 e. The summed E-state index contributed by atoms with van der Waals surface area (Å²) in [6, 6.07) is 22.2. The van der Waals surface area contributed by atoms with Crippen molar-refractivity contribution in [1.29, 1.82) is 0 Å². The van der Waals surface area contributed by atoms with Crippen LogP contribution in [-0.2, 0) is 10.2 Å². The first-order valence-corrected chi connectivity index (χ1v) is 12.9. The van der Waals surface area contributed by atoms with Crippen molar-refractivity contribution >= 4 is 29.6 Å². The predicted molar refractivity (Wildman–Crippen MR) is 150 cm³/mol. The zero-order chi connectivity index (χ0) is 27.3. The first-order chi connectivity index (χ1) is 18.1. The molecule has 9 nitrogen and oxygen atoms in total. The third-order valence-electron chi connectivity index (χ3n) is 5.77. The van der Waals surface area contributed by atoms with E-state index in [1.807, 2.05) is 47.9 Å². The second-order valence-electron chi connectivity index (χ2n) is 9.73. The van der Waals surface area contributed by atoms with Crippen LogP contribution in [0.1, 0.15) is 37.5 Å². The Hall–Kier alpha value is -4.31. The predicted octanol–water partition coefficient (Wildman–Crippen LogP) is 5.69. The number of hydrogen-bond donors (Lipinski definition) is 1. The first-order valence-electron chi connectivity index (χ1n) is 11.9. The number of nitrogens with one attached hydrogen (secondary N) is 1. The SMILES string of the molecule is Cc1ccc(-n2c(SCC(=O)N/N=C/c3ccc([N+](=O)[O-])cc3)nnc2-c2ccc(C(C)(C)C)cc2)cc1. The maximum absolute atomic E-state index is 12.5. The molecule has 0 radical (unpaired) electrons. The molecule has 0 saturated carbocycles. The highest BCUT2D eigenvalue weighted by Gasteiger charge is 2.19.